The number of hydrogen-bond acceptors (Lipinski definition) is 10. The third kappa shape index (κ3) is 4.21. The number of hydrogen-bond donors (Lipinski definition) is 0. The van der Waals surface area contributed by atoms with Gasteiger partial charge in [-0.2, -0.15) is 0 Å². The third-order valence-electron chi connectivity index (χ3n) is 4.78. The van der Waals surface area contributed by atoms with Gasteiger partial charge in [0, 0.05) is 0 Å². The van der Waals surface area contributed by atoms with Gasteiger partial charge in [0.15, 0.2) is 11.1 Å². The second-order valence-electron chi connectivity index (χ2n) is 6.48. The highest BCUT2D eigenvalue weighted by Crippen LogP contribution is 2.49. The van der Waals surface area contributed by atoms with Gasteiger partial charge in [-0.25, -0.2) is 9.79 Å². The first-order chi connectivity index (χ1) is 13.8. The first-order valence-electron chi connectivity index (χ1n) is 9.22. The van der Waals surface area contributed by atoms with E-state index in [0.717, 1.165) is 0 Å². The molecule has 0 bridgehead atoms. The Balaban J connectivity index is 2.81. The van der Waals surface area contributed by atoms with Gasteiger partial charge in [-0.3, -0.25) is 9.69 Å². The monoisotopic (exact) mass is 444 g/mol. The Bertz CT molecular complexity index is 735. The van der Waals surface area contributed by atoms with Gasteiger partial charge in [0.05, 0.1) is 19.5 Å². The van der Waals surface area contributed by atoms with Crippen LogP contribution < -0.4 is 0 Å². The second kappa shape index (κ2) is 10.0. The standard InChI is InChI=1S/C19H28N2O6S2/c1-7-24-15(22)14-19(27-12-21(14)4,13-10-9-11-26-13)18(3,16(23)25-8-2)20-17(28-5)29-6/h9-11,14H,7-8,12H2,1-6H3/t14-,18+,19+/m1/s1. The van der Waals surface area contributed by atoms with Crippen molar-refractivity contribution in [1.29, 1.82) is 0 Å². The van der Waals surface area contributed by atoms with E-state index in [1.807, 2.05) is 12.5 Å². The number of esters is 2. The molecule has 1 aliphatic rings. The van der Waals surface area contributed by atoms with Crippen molar-refractivity contribution < 1.29 is 28.2 Å². The normalized spacial score (nSPS) is 24.0. The molecular weight excluding hydrogens is 416 g/mol. The van der Waals surface area contributed by atoms with Crippen LogP contribution in [0.15, 0.2) is 27.8 Å². The molecule has 10 heteroatoms. The molecule has 0 aromatic carbocycles. The third-order valence-corrected chi connectivity index (χ3v) is 6.66. The highest BCUT2D eigenvalue weighted by Gasteiger charge is 2.69. The SMILES string of the molecule is CCOC(=O)[C@H]1N(C)CO[C@]1(c1ccco1)[C@@](C)(N=C(SC)SC)C(=O)OCC. The van der Waals surface area contributed by atoms with Crippen LogP contribution in [0.2, 0.25) is 0 Å². The van der Waals surface area contributed by atoms with Gasteiger partial charge in [-0.1, -0.05) is 0 Å². The molecular formula is C19H28N2O6S2. The van der Waals surface area contributed by atoms with E-state index in [1.54, 1.807) is 44.9 Å². The Morgan fingerprint density at radius 3 is 2.48 bits per heavy atom. The first-order valence-corrected chi connectivity index (χ1v) is 11.7. The van der Waals surface area contributed by atoms with Crippen LogP contribution in [0.25, 0.3) is 0 Å². The molecule has 29 heavy (non-hydrogen) atoms. The summed E-state index contributed by atoms with van der Waals surface area (Å²) in [6.45, 7) is 5.50. The van der Waals surface area contributed by atoms with Crippen LogP contribution in [0, 0.1) is 0 Å². The first kappa shape index (κ1) is 23.8. The molecule has 0 radical (unpaired) electrons. The van der Waals surface area contributed by atoms with Gasteiger partial charge >= 0.3 is 11.9 Å². The Kier molecular flexibility index (Phi) is 8.21. The van der Waals surface area contributed by atoms with Crippen molar-refractivity contribution in [2.75, 3.05) is 39.5 Å². The molecule has 0 N–H and O–H groups in total. The minimum atomic E-state index is -1.61. The number of aliphatic imine (C=N–C) groups is 1. The van der Waals surface area contributed by atoms with Crippen LogP contribution in [0.4, 0.5) is 0 Å². The summed E-state index contributed by atoms with van der Waals surface area (Å²) in [7, 11) is 1.73. The molecule has 1 saturated heterocycles. The predicted molar refractivity (Wildman–Crippen MR) is 114 cm³/mol. The summed E-state index contributed by atoms with van der Waals surface area (Å²) in [5.41, 5.74) is -3.18. The molecule has 1 aromatic rings. The van der Waals surface area contributed by atoms with Crippen molar-refractivity contribution in [3.63, 3.8) is 0 Å². The molecule has 0 unspecified atom stereocenters. The zero-order chi connectivity index (χ0) is 21.7. The smallest absolute Gasteiger partial charge is 0.337 e. The Hall–Kier alpha value is -1.49. The van der Waals surface area contributed by atoms with Crippen molar-refractivity contribution in [3.05, 3.63) is 24.2 Å². The van der Waals surface area contributed by atoms with E-state index in [0.29, 0.717) is 10.1 Å². The predicted octanol–water partition coefficient (Wildman–Crippen LogP) is 2.73. The second-order valence-corrected chi connectivity index (χ2v) is 8.32. The minimum absolute atomic E-state index is 0.0859. The number of rotatable bonds is 7. The van der Waals surface area contributed by atoms with Crippen molar-refractivity contribution in [1.82, 2.24) is 4.90 Å². The van der Waals surface area contributed by atoms with Crippen LogP contribution >= 0.6 is 23.5 Å². The summed E-state index contributed by atoms with van der Waals surface area (Å²) < 4.78 is 23.3. The van der Waals surface area contributed by atoms with E-state index in [2.05, 4.69) is 0 Å². The summed E-state index contributed by atoms with van der Waals surface area (Å²) in [5, 5.41) is 0. The van der Waals surface area contributed by atoms with E-state index in [-0.39, 0.29) is 19.9 Å². The number of carbonyl (C=O) groups excluding carboxylic acids is 2. The average molecular weight is 445 g/mol. The van der Waals surface area contributed by atoms with Crippen molar-refractivity contribution in [2.24, 2.45) is 4.99 Å². The quantitative estimate of drug-likeness (QED) is 0.358. The summed E-state index contributed by atoms with van der Waals surface area (Å²) in [5.74, 6) is -0.827. The molecule has 2 heterocycles. The lowest BCUT2D eigenvalue weighted by Gasteiger charge is -2.42. The number of thioether (sulfide) groups is 2. The van der Waals surface area contributed by atoms with Gasteiger partial charge < -0.3 is 18.6 Å². The summed E-state index contributed by atoms with van der Waals surface area (Å²) in [4.78, 5) is 32.8. The summed E-state index contributed by atoms with van der Waals surface area (Å²) in [6, 6.07) is 2.40. The lowest BCUT2D eigenvalue weighted by Crippen LogP contribution is -2.63. The minimum Gasteiger partial charge on any atom is -0.466 e. The number of carbonyl (C=O) groups is 2. The lowest BCUT2D eigenvalue weighted by atomic mass is 9.74. The zero-order valence-electron chi connectivity index (χ0n) is 17.6. The molecule has 8 nitrogen and oxygen atoms in total. The number of nitrogens with zero attached hydrogens (tertiary/aromatic N) is 2. The fourth-order valence-electron chi connectivity index (χ4n) is 3.49. The van der Waals surface area contributed by atoms with E-state index in [1.165, 1.54) is 29.8 Å². The Morgan fingerprint density at radius 2 is 1.97 bits per heavy atom. The molecule has 2 rings (SSSR count). The van der Waals surface area contributed by atoms with E-state index in [9.17, 15) is 9.59 Å². The topological polar surface area (TPSA) is 90.6 Å². The maximum atomic E-state index is 13.3. The molecule has 0 spiro atoms. The van der Waals surface area contributed by atoms with Crippen LogP contribution in [-0.4, -0.2) is 72.3 Å². The fourth-order valence-corrected chi connectivity index (χ4v) is 4.70. The molecule has 0 saturated carbocycles. The molecule has 1 fully saturated rings. The van der Waals surface area contributed by atoms with Crippen LogP contribution in [0.1, 0.15) is 26.5 Å². The maximum absolute atomic E-state index is 13.3. The molecule has 1 aromatic heterocycles. The Labute approximate surface area is 179 Å². The van der Waals surface area contributed by atoms with Crippen LogP contribution in [0.3, 0.4) is 0 Å². The average Bonchev–Trinajstić information content (AvgIpc) is 3.34. The lowest BCUT2D eigenvalue weighted by molar-refractivity contribution is -0.172. The molecule has 162 valence electrons. The number of furan rings is 1. The van der Waals surface area contributed by atoms with Gasteiger partial charge in [-0.15, -0.1) is 23.5 Å². The fraction of sp³-hybridized carbons (Fsp3) is 0.632. The summed E-state index contributed by atoms with van der Waals surface area (Å²) in [6.07, 6.45) is 5.20. The molecule has 3 atom stereocenters. The van der Waals surface area contributed by atoms with Crippen molar-refractivity contribution in [2.45, 2.75) is 38.0 Å². The number of ether oxygens (including phenoxy) is 3. The van der Waals surface area contributed by atoms with Crippen molar-refractivity contribution >= 4 is 39.8 Å². The highest BCUT2D eigenvalue weighted by atomic mass is 32.2. The maximum Gasteiger partial charge on any atom is 0.337 e. The van der Waals surface area contributed by atoms with Gasteiger partial charge in [-0.05, 0) is 52.5 Å². The largest absolute Gasteiger partial charge is 0.466 e. The Morgan fingerprint density at radius 1 is 1.31 bits per heavy atom. The molecule has 1 aliphatic heterocycles. The highest BCUT2D eigenvalue weighted by molar-refractivity contribution is 8.38. The van der Waals surface area contributed by atoms with Gasteiger partial charge in [0.1, 0.15) is 22.9 Å². The van der Waals surface area contributed by atoms with Gasteiger partial charge in [0.2, 0.25) is 0 Å². The van der Waals surface area contributed by atoms with Crippen molar-refractivity contribution in [3.8, 4) is 0 Å². The van der Waals surface area contributed by atoms with Gasteiger partial charge in [0.25, 0.3) is 0 Å². The van der Waals surface area contributed by atoms with E-state index < -0.39 is 29.1 Å². The van der Waals surface area contributed by atoms with Crippen LogP contribution in [0.5, 0.6) is 0 Å². The molecule has 0 aliphatic carbocycles. The van der Waals surface area contributed by atoms with E-state index >= 15 is 0 Å². The summed E-state index contributed by atoms with van der Waals surface area (Å²) >= 11 is 2.79. The van der Waals surface area contributed by atoms with E-state index in [4.69, 9.17) is 23.6 Å². The zero-order valence-corrected chi connectivity index (χ0v) is 19.2. The molecule has 0 amide bonds. The van der Waals surface area contributed by atoms with Crippen LogP contribution in [-0.2, 0) is 29.4 Å². The number of likely N-dealkylation sites (N-methyl/N-ethyl adjacent to an activating group) is 1.